The highest BCUT2D eigenvalue weighted by Gasteiger charge is 1.93. The van der Waals surface area contributed by atoms with E-state index in [1.165, 1.54) is 37.7 Å². The van der Waals surface area contributed by atoms with Crippen molar-refractivity contribution in [3.63, 3.8) is 0 Å². The first kappa shape index (κ1) is 12.2. The molecule has 0 saturated heterocycles. The SMILES string of the molecule is C=C/C=C(\CC=C)CCCCCC. The van der Waals surface area contributed by atoms with Crippen molar-refractivity contribution in [2.75, 3.05) is 0 Å². The van der Waals surface area contributed by atoms with Crippen molar-refractivity contribution in [1.29, 1.82) is 0 Å². The molecule has 0 nitrogen and oxygen atoms in total. The second-order valence-electron chi connectivity index (χ2n) is 3.36. The van der Waals surface area contributed by atoms with E-state index in [2.05, 4.69) is 26.2 Å². The van der Waals surface area contributed by atoms with Gasteiger partial charge in [-0.1, -0.05) is 56.6 Å². The van der Waals surface area contributed by atoms with Crippen molar-refractivity contribution in [3.8, 4) is 0 Å². The van der Waals surface area contributed by atoms with Gasteiger partial charge in [-0.2, -0.15) is 0 Å². The van der Waals surface area contributed by atoms with Crippen molar-refractivity contribution in [3.05, 3.63) is 37.0 Å². The second kappa shape index (κ2) is 9.31. The summed E-state index contributed by atoms with van der Waals surface area (Å²) in [5.41, 5.74) is 1.46. The second-order valence-corrected chi connectivity index (χ2v) is 3.36. The lowest BCUT2D eigenvalue weighted by molar-refractivity contribution is 0.660. The quantitative estimate of drug-likeness (QED) is 0.288. The van der Waals surface area contributed by atoms with Crippen LogP contribution in [0.5, 0.6) is 0 Å². The first-order valence-corrected chi connectivity index (χ1v) is 5.26. The minimum atomic E-state index is 1.01. The largest absolute Gasteiger partial charge is 0.103 e. The Morgan fingerprint density at radius 2 is 1.92 bits per heavy atom. The van der Waals surface area contributed by atoms with Gasteiger partial charge in [0.05, 0.1) is 0 Å². The minimum absolute atomic E-state index is 1.01. The lowest BCUT2D eigenvalue weighted by atomic mass is 10.0. The predicted molar refractivity (Wildman–Crippen MR) is 61.9 cm³/mol. The molecule has 0 aliphatic heterocycles. The Labute approximate surface area is 83.0 Å². The van der Waals surface area contributed by atoms with Gasteiger partial charge in [0.1, 0.15) is 0 Å². The standard InChI is InChI=1S/C13H22/c1-4-7-8-9-12-13(10-5-2)11-6-3/h5-6,10H,2-4,7-9,11-12H2,1H3/b13-10+. The van der Waals surface area contributed by atoms with Gasteiger partial charge in [0, 0.05) is 0 Å². The van der Waals surface area contributed by atoms with E-state index in [0.717, 1.165) is 6.42 Å². The highest BCUT2D eigenvalue weighted by molar-refractivity contribution is 5.12. The molecule has 0 aliphatic carbocycles. The molecule has 0 unspecified atom stereocenters. The van der Waals surface area contributed by atoms with E-state index in [-0.39, 0.29) is 0 Å². The molecule has 0 rings (SSSR count). The average Bonchev–Trinajstić information content (AvgIpc) is 2.13. The normalized spacial score (nSPS) is 11.3. The maximum atomic E-state index is 3.75. The fourth-order valence-electron chi connectivity index (χ4n) is 1.38. The first-order valence-electron chi connectivity index (χ1n) is 5.26. The van der Waals surface area contributed by atoms with Crippen molar-refractivity contribution < 1.29 is 0 Å². The summed E-state index contributed by atoms with van der Waals surface area (Å²) in [5, 5.41) is 0. The lowest BCUT2D eigenvalue weighted by Crippen LogP contribution is -1.83. The smallest absolute Gasteiger partial charge is 0.0138 e. The first-order chi connectivity index (χ1) is 6.35. The van der Waals surface area contributed by atoms with E-state index in [4.69, 9.17) is 0 Å². The van der Waals surface area contributed by atoms with Gasteiger partial charge in [-0.25, -0.2) is 0 Å². The summed E-state index contributed by atoms with van der Waals surface area (Å²) in [6.45, 7) is 9.71. The monoisotopic (exact) mass is 178 g/mol. The zero-order valence-electron chi connectivity index (χ0n) is 8.89. The van der Waals surface area contributed by atoms with E-state index in [0.29, 0.717) is 0 Å². The summed E-state index contributed by atoms with van der Waals surface area (Å²) >= 11 is 0. The molecule has 0 heterocycles. The van der Waals surface area contributed by atoms with E-state index in [9.17, 15) is 0 Å². The van der Waals surface area contributed by atoms with Crippen LogP contribution in [-0.4, -0.2) is 0 Å². The predicted octanol–water partition coefficient (Wildman–Crippen LogP) is 4.65. The van der Waals surface area contributed by atoms with Gasteiger partial charge in [-0.05, 0) is 19.3 Å². The number of unbranched alkanes of at least 4 members (excludes halogenated alkanes) is 3. The Hall–Kier alpha value is -0.780. The molecule has 0 aromatic heterocycles. The van der Waals surface area contributed by atoms with Crippen molar-refractivity contribution in [2.24, 2.45) is 0 Å². The summed E-state index contributed by atoms with van der Waals surface area (Å²) in [6.07, 6.45) is 13.5. The maximum absolute atomic E-state index is 3.75. The van der Waals surface area contributed by atoms with Gasteiger partial charge in [-0.3, -0.25) is 0 Å². The van der Waals surface area contributed by atoms with E-state index >= 15 is 0 Å². The van der Waals surface area contributed by atoms with Gasteiger partial charge in [0.15, 0.2) is 0 Å². The number of hydrogen-bond donors (Lipinski definition) is 0. The average molecular weight is 178 g/mol. The Morgan fingerprint density at radius 3 is 2.46 bits per heavy atom. The minimum Gasteiger partial charge on any atom is -0.103 e. The van der Waals surface area contributed by atoms with E-state index in [1.807, 2.05) is 12.2 Å². The van der Waals surface area contributed by atoms with Gasteiger partial charge in [0.25, 0.3) is 0 Å². The molecule has 0 saturated carbocycles. The molecule has 0 atom stereocenters. The molecule has 0 aliphatic rings. The van der Waals surface area contributed by atoms with Crippen LogP contribution in [-0.2, 0) is 0 Å². The molecule has 13 heavy (non-hydrogen) atoms. The molecular weight excluding hydrogens is 156 g/mol. The Kier molecular flexibility index (Phi) is 8.75. The van der Waals surface area contributed by atoms with Crippen LogP contribution >= 0.6 is 0 Å². The summed E-state index contributed by atoms with van der Waals surface area (Å²) in [4.78, 5) is 0. The van der Waals surface area contributed by atoms with Gasteiger partial charge < -0.3 is 0 Å². The molecule has 0 aromatic rings. The van der Waals surface area contributed by atoms with Crippen molar-refractivity contribution in [1.82, 2.24) is 0 Å². The summed E-state index contributed by atoms with van der Waals surface area (Å²) in [5.74, 6) is 0. The summed E-state index contributed by atoms with van der Waals surface area (Å²) in [6, 6.07) is 0. The molecule has 0 bridgehead atoms. The van der Waals surface area contributed by atoms with E-state index in [1.54, 1.807) is 0 Å². The molecule has 0 spiro atoms. The topological polar surface area (TPSA) is 0 Å². The number of allylic oxidation sites excluding steroid dienone is 4. The van der Waals surface area contributed by atoms with Crippen LogP contribution in [0.1, 0.15) is 45.4 Å². The molecule has 74 valence electrons. The Balaban J connectivity index is 3.63. The molecule has 0 radical (unpaired) electrons. The summed E-state index contributed by atoms with van der Waals surface area (Å²) in [7, 11) is 0. The van der Waals surface area contributed by atoms with Crippen LogP contribution in [0.4, 0.5) is 0 Å². The highest BCUT2D eigenvalue weighted by Crippen LogP contribution is 2.13. The van der Waals surface area contributed by atoms with E-state index < -0.39 is 0 Å². The van der Waals surface area contributed by atoms with Gasteiger partial charge in [-0.15, -0.1) is 6.58 Å². The molecule has 0 fully saturated rings. The maximum Gasteiger partial charge on any atom is -0.0138 e. The van der Waals surface area contributed by atoms with Crippen LogP contribution in [0.2, 0.25) is 0 Å². The fourth-order valence-corrected chi connectivity index (χ4v) is 1.38. The third-order valence-corrected chi connectivity index (χ3v) is 2.11. The third-order valence-electron chi connectivity index (χ3n) is 2.11. The number of rotatable bonds is 8. The van der Waals surface area contributed by atoms with Gasteiger partial charge in [0.2, 0.25) is 0 Å². The highest BCUT2D eigenvalue weighted by atomic mass is 14.0. The lowest BCUT2D eigenvalue weighted by Gasteiger charge is -2.03. The molecule has 0 heteroatoms. The zero-order chi connectivity index (χ0) is 9.94. The number of hydrogen-bond acceptors (Lipinski definition) is 0. The van der Waals surface area contributed by atoms with Crippen LogP contribution < -0.4 is 0 Å². The Bertz CT molecular complexity index is 163. The molecule has 0 N–H and O–H groups in total. The molecular formula is C13H22. The molecule has 0 aromatic carbocycles. The fraction of sp³-hybridized carbons (Fsp3) is 0.538. The van der Waals surface area contributed by atoms with Crippen LogP contribution in [0, 0.1) is 0 Å². The zero-order valence-corrected chi connectivity index (χ0v) is 8.89. The van der Waals surface area contributed by atoms with Crippen LogP contribution in [0.15, 0.2) is 37.0 Å². The Morgan fingerprint density at radius 1 is 1.15 bits per heavy atom. The van der Waals surface area contributed by atoms with Crippen LogP contribution in [0.25, 0.3) is 0 Å². The summed E-state index contributed by atoms with van der Waals surface area (Å²) < 4.78 is 0. The van der Waals surface area contributed by atoms with Crippen molar-refractivity contribution in [2.45, 2.75) is 45.4 Å². The third kappa shape index (κ3) is 7.58. The van der Waals surface area contributed by atoms with Crippen LogP contribution in [0.3, 0.4) is 0 Å². The van der Waals surface area contributed by atoms with Crippen molar-refractivity contribution >= 4 is 0 Å². The van der Waals surface area contributed by atoms with Gasteiger partial charge >= 0.3 is 0 Å². The molecule has 0 amide bonds.